The minimum Gasteiger partial charge on any atom is -0.313 e. The van der Waals surface area contributed by atoms with Crippen LogP contribution >= 0.6 is 11.3 Å². The summed E-state index contributed by atoms with van der Waals surface area (Å²) in [4.78, 5) is 2.41. The molecule has 0 amide bonds. The molecule has 1 aromatic rings. The molecule has 0 unspecified atom stereocenters. The van der Waals surface area contributed by atoms with E-state index >= 15 is 0 Å². The maximum atomic E-state index is 11.8. The van der Waals surface area contributed by atoms with Crippen molar-refractivity contribution in [2.24, 2.45) is 0 Å². The van der Waals surface area contributed by atoms with Gasteiger partial charge in [-0.25, -0.2) is 13.4 Å². The van der Waals surface area contributed by atoms with Crippen LogP contribution in [0.5, 0.6) is 0 Å². The first-order valence-corrected chi connectivity index (χ1v) is 7.80. The Hall–Kier alpha value is -0.470. The summed E-state index contributed by atoms with van der Waals surface area (Å²) < 4.78 is 24.0. The summed E-state index contributed by atoms with van der Waals surface area (Å²) in [6, 6.07) is 1.71. The molecule has 2 N–H and O–H groups in total. The topological polar surface area (TPSA) is 61.4 Å². The van der Waals surface area contributed by atoms with Crippen LogP contribution in [0.1, 0.15) is 18.9 Å². The third-order valence-corrected chi connectivity index (χ3v) is 4.92. The number of nitrogens with one attached hydrogen (secondary N) is 2. The van der Waals surface area contributed by atoms with Gasteiger partial charge in [-0.05, 0) is 30.0 Å². The van der Waals surface area contributed by atoms with Crippen molar-refractivity contribution in [2.45, 2.75) is 24.1 Å². The van der Waals surface area contributed by atoms with Gasteiger partial charge >= 0.3 is 0 Å². The van der Waals surface area contributed by atoms with Crippen molar-refractivity contribution >= 4 is 21.4 Å². The molecule has 1 heterocycles. The molecule has 0 aliphatic rings. The average Bonchev–Trinajstić information content (AvgIpc) is 2.65. The molecule has 0 saturated carbocycles. The van der Waals surface area contributed by atoms with Gasteiger partial charge in [-0.1, -0.05) is 6.92 Å². The summed E-state index contributed by atoms with van der Waals surface area (Å²) >= 11 is 1.24. The minimum atomic E-state index is -3.40. The van der Waals surface area contributed by atoms with Gasteiger partial charge in [0.15, 0.2) is 0 Å². The number of sulfonamides is 1. The van der Waals surface area contributed by atoms with E-state index in [4.69, 9.17) is 0 Å². The molecule has 0 radical (unpaired) electrons. The maximum Gasteiger partial charge on any atom is 0.262 e. The molecule has 0 fully saturated rings. The van der Waals surface area contributed by atoms with E-state index < -0.39 is 10.0 Å². The van der Waals surface area contributed by atoms with Crippen LogP contribution in [0.4, 0.5) is 0 Å². The number of thiophene rings is 1. The molecule has 17 heavy (non-hydrogen) atoms. The molecule has 0 atom stereocenters. The highest BCUT2D eigenvalue weighted by molar-refractivity contribution is 7.91. The number of hydrogen-bond donors (Lipinski definition) is 2. The molecule has 0 bridgehead atoms. The lowest BCUT2D eigenvalue weighted by Gasteiger charge is -2.10. The molecule has 0 aromatic carbocycles. The monoisotopic (exact) mass is 277 g/mol. The molecule has 0 spiro atoms. The zero-order valence-electron chi connectivity index (χ0n) is 10.4. The molecule has 0 aliphatic carbocycles. The predicted molar refractivity (Wildman–Crippen MR) is 70.3 cm³/mol. The van der Waals surface area contributed by atoms with Crippen LogP contribution in [0.15, 0.2) is 15.7 Å². The standard InChI is InChI=1S/C10H19N3O2S2/c1-4-5-11-7-9-6-10(16-8-9)17(14,15)12-13(2)3/h6,8,11-12H,4-5,7H2,1-3H3. The second-order valence-corrected chi connectivity index (χ2v) is 6.74. The SMILES string of the molecule is CCCNCc1csc(S(=O)(=O)NN(C)C)c1. The van der Waals surface area contributed by atoms with Gasteiger partial charge in [-0.15, -0.1) is 16.2 Å². The van der Waals surface area contributed by atoms with Crippen molar-refractivity contribution in [3.8, 4) is 0 Å². The van der Waals surface area contributed by atoms with Crippen molar-refractivity contribution in [1.29, 1.82) is 0 Å². The highest BCUT2D eigenvalue weighted by Crippen LogP contribution is 2.19. The second-order valence-electron chi connectivity index (χ2n) is 3.94. The smallest absolute Gasteiger partial charge is 0.262 e. The van der Waals surface area contributed by atoms with Crippen LogP contribution in [-0.2, 0) is 16.6 Å². The summed E-state index contributed by atoms with van der Waals surface area (Å²) in [6.07, 6.45) is 1.07. The lowest BCUT2D eigenvalue weighted by atomic mass is 10.3. The zero-order chi connectivity index (χ0) is 12.9. The number of nitrogens with zero attached hydrogens (tertiary/aromatic N) is 1. The first-order chi connectivity index (χ1) is 7.95. The minimum absolute atomic E-state index is 0.347. The van der Waals surface area contributed by atoms with Crippen LogP contribution in [0, 0.1) is 0 Å². The van der Waals surface area contributed by atoms with Gasteiger partial charge in [0.25, 0.3) is 10.0 Å². The highest BCUT2D eigenvalue weighted by Gasteiger charge is 2.17. The Labute approximate surface area is 107 Å². The molecular weight excluding hydrogens is 258 g/mol. The van der Waals surface area contributed by atoms with E-state index in [0.29, 0.717) is 10.8 Å². The summed E-state index contributed by atoms with van der Waals surface area (Å²) in [7, 11) is -0.107. The van der Waals surface area contributed by atoms with Gasteiger partial charge < -0.3 is 5.32 Å². The summed E-state index contributed by atoms with van der Waals surface area (Å²) in [6.45, 7) is 3.74. The molecule has 98 valence electrons. The van der Waals surface area contributed by atoms with Crippen LogP contribution in [0.25, 0.3) is 0 Å². The fraction of sp³-hybridized carbons (Fsp3) is 0.600. The maximum absolute atomic E-state index is 11.8. The zero-order valence-corrected chi connectivity index (χ0v) is 12.0. The molecule has 5 nitrogen and oxygen atoms in total. The quantitative estimate of drug-likeness (QED) is 0.577. The summed E-state index contributed by atoms with van der Waals surface area (Å²) in [5.74, 6) is 0. The van der Waals surface area contributed by atoms with Gasteiger partial charge in [0.2, 0.25) is 0 Å². The first kappa shape index (κ1) is 14.6. The Morgan fingerprint density at radius 2 is 2.12 bits per heavy atom. The third kappa shape index (κ3) is 4.72. The normalized spacial score (nSPS) is 12.2. The van der Waals surface area contributed by atoms with Crippen molar-refractivity contribution in [3.05, 3.63) is 17.0 Å². The van der Waals surface area contributed by atoms with Crippen LogP contribution in [0.3, 0.4) is 0 Å². The van der Waals surface area contributed by atoms with E-state index in [2.05, 4.69) is 17.1 Å². The van der Waals surface area contributed by atoms with Crippen LogP contribution in [-0.4, -0.2) is 34.1 Å². The van der Waals surface area contributed by atoms with Crippen LogP contribution < -0.4 is 10.1 Å². The summed E-state index contributed by atoms with van der Waals surface area (Å²) in [5.41, 5.74) is 1.00. The molecular formula is C10H19N3O2S2. The molecule has 1 rings (SSSR count). The molecule has 7 heteroatoms. The van der Waals surface area contributed by atoms with E-state index in [1.165, 1.54) is 16.3 Å². The lowest BCUT2D eigenvalue weighted by Crippen LogP contribution is -2.35. The van der Waals surface area contributed by atoms with Crippen molar-refractivity contribution in [1.82, 2.24) is 15.2 Å². The van der Waals surface area contributed by atoms with Gasteiger partial charge in [-0.2, -0.15) is 0 Å². The fourth-order valence-corrected chi connectivity index (χ4v) is 3.56. The Morgan fingerprint density at radius 1 is 1.41 bits per heavy atom. The highest BCUT2D eigenvalue weighted by atomic mass is 32.2. The Morgan fingerprint density at radius 3 is 2.71 bits per heavy atom. The van der Waals surface area contributed by atoms with Gasteiger partial charge in [0.05, 0.1) is 0 Å². The van der Waals surface area contributed by atoms with Crippen molar-refractivity contribution in [3.63, 3.8) is 0 Å². The lowest BCUT2D eigenvalue weighted by molar-refractivity contribution is 0.364. The number of hydrogen-bond acceptors (Lipinski definition) is 5. The van der Waals surface area contributed by atoms with Gasteiger partial charge in [-0.3, -0.25) is 0 Å². The Bertz CT molecular complexity index is 440. The average molecular weight is 277 g/mol. The fourth-order valence-electron chi connectivity index (χ4n) is 1.28. The number of rotatable bonds is 7. The third-order valence-electron chi connectivity index (χ3n) is 1.95. The summed E-state index contributed by atoms with van der Waals surface area (Å²) in [5, 5.41) is 6.53. The van der Waals surface area contributed by atoms with E-state index in [-0.39, 0.29) is 0 Å². The second kappa shape index (κ2) is 6.46. The van der Waals surface area contributed by atoms with E-state index in [1.54, 1.807) is 20.2 Å². The molecule has 0 saturated heterocycles. The van der Waals surface area contributed by atoms with E-state index in [0.717, 1.165) is 18.5 Å². The van der Waals surface area contributed by atoms with Gasteiger partial charge in [0, 0.05) is 20.6 Å². The first-order valence-electron chi connectivity index (χ1n) is 5.43. The van der Waals surface area contributed by atoms with Crippen molar-refractivity contribution < 1.29 is 8.42 Å². The Balaban J connectivity index is 2.67. The number of hydrazine groups is 1. The molecule has 0 aliphatic heterocycles. The van der Waals surface area contributed by atoms with E-state index in [1.807, 2.05) is 5.38 Å². The van der Waals surface area contributed by atoms with Gasteiger partial charge in [0.1, 0.15) is 4.21 Å². The van der Waals surface area contributed by atoms with Crippen LogP contribution in [0.2, 0.25) is 0 Å². The van der Waals surface area contributed by atoms with E-state index in [9.17, 15) is 8.42 Å². The molecule has 1 aromatic heterocycles. The largest absolute Gasteiger partial charge is 0.313 e. The Kier molecular flexibility index (Phi) is 5.54. The predicted octanol–water partition coefficient (Wildman–Crippen LogP) is 1.00. The van der Waals surface area contributed by atoms with Crippen molar-refractivity contribution in [2.75, 3.05) is 20.6 Å².